The molecule has 2 aromatic heterocycles. The van der Waals surface area contributed by atoms with Crippen LogP contribution in [0, 0.1) is 6.92 Å². The molecule has 0 atom stereocenters. The highest BCUT2D eigenvalue weighted by atomic mass is 16.3. The van der Waals surface area contributed by atoms with Crippen LogP contribution in [0.2, 0.25) is 0 Å². The predicted molar refractivity (Wildman–Crippen MR) is 82.7 cm³/mol. The number of carbonyl (C=O) groups is 2. The van der Waals surface area contributed by atoms with E-state index in [9.17, 15) is 9.59 Å². The summed E-state index contributed by atoms with van der Waals surface area (Å²) < 4.78 is 6.77. The number of carbonyl (C=O) groups excluding carboxylic acids is 2. The molecule has 0 radical (unpaired) electrons. The topological polar surface area (TPSA) is 80.4 Å². The van der Waals surface area contributed by atoms with E-state index in [2.05, 4.69) is 10.4 Å². The van der Waals surface area contributed by atoms with Crippen molar-refractivity contribution in [1.82, 2.24) is 20.0 Å². The highest BCUT2D eigenvalue weighted by Crippen LogP contribution is 2.14. The van der Waals surface area contributed by atoms with Crippen molar-refractivity contribution < 1.29 is 14.0 Å². The molecule has 0 aliphatic carbocycles. The molecule has 7 nitrogen and oxygen atoms in total. The maximum absolute atomic E-state index is 12.2. The van der Waals surface area contributed by atoms with E-state index in [1.54, 1.807) is 36.1 Å². The Labute approximate surface area is 134 Å². The fourth-order valence-corrected chi connectivity index (χ4v) is 2.79. The van der Waals surface area contributed by atoms with Crippen molar-refractivity contribution in [3.05, 3.63) is 42.1 Å². The van der Waals surface area contributed by atoms with Gasteiger partial charge in [-0.05, 0) is 31.9 Å². The van der Waals surface area contributed by atoms with Gasteiger partial charge in [0, 0.05) is 31.5 Å². The van der Waals surface area contributed by atoms with Crippen LogP contribution in [0.5, 0.6) is 0 Å². The molecule has 122 valence electrons. The smallest absolute Gasteiger partial charge is 0.255 e. The van der Waals surface area contributed by atoms with Gasteiger partial charge in [-0.2, -0.15) is 5.10 Å². The van der Waals surface area contributed by atoms with Gasteiger partial charge < -0.3 is 14.6 Å². The van der Waals surface area contributed by atoms with E-state index >= 15 is 0 Å². The zero-order chi connectivity index (χ0) is 16.2. The highest BCUT2D eigenvalue weighted by molar-refractivity contribution is 5.95. The molecule has 0 bridgehead atoms. The summed E-state index contributed by atoms with van der Waals surface area (Å²) in [5.41, 5.74) is 0.571. The average Bonchev–Trinajstić information content (AvgIpc) is 3.19. The molecule has 1 fully saturated rings. The van der Waals surface area contributed by atoms with E-state index in [0.717, 1.165) is 12.8 Å². The molecule has 2 aromatic rings. The third-order valence-corrected chi connectivity index (χ3v) is 4.14. The van der Waals surface area contributed by atoms with Gasteiger partial charge in [0.2, 0.25) is 5.91 Å². The number of aromatic nitrogens is 2. The second kappa shape index (κ2) is 6.68. The molecule has 1 aliphatic heterocycles. The summed E-state index contributed by atoms with van der Waals surface area (Å²) in [5, 5.41) is 7.06. The first-order chi connectivity index (χ1) is 11.1. The van der Waals surface area contributed by atoms with Gasteiger partial charge in [-0.25, -0.2) is 0 Å². The number of aryl methyl sites for hydroxylation is 1. The Balaban J connectivity index is 1.47. The van der Waals surface area contributed by atoms with Crippen molar-refractivity contribution in [2.75, 3.05) is 13.1 Å². The fraction of sp³-hybridized carbons (Fsp3) is 0.438. The number of nitrogens with zero attached hydrogens (tertiary/aromatic N) is 3. The number of hydrogen-bond acceptors (Lipinski definition) is 4. The lowest BCUT2D eigenvalue weighted by Gasteiger charge is -2.32. The predicted octanol–water partition coefficient (Wildman–Crippen LogP) is 1.21. The Morgan fingerprint density at radius 3 is 2.78 bits per heavy atom. The lowest BCUT2D eigenvalue weighted by atomic mass is 10.0. The van der Waals surface area contributed by atoms with Crippen molar-refractivity contribution in [1.29, 1.82) is 0 Å². The standard InChI is InChI=1S/C16H20N4O3/c1-12-14(5-10-23-12)16(22)18-13-3-8-19(9-4-13)15(21)11-20-7-2-6-17-20/h2,5-7,10,13H,3-4,8-9,11H2,1H3,(H,18,22). The van der Waals surface area contributed by atoms with Crippen LogP contribution in [0.3, 0.4) is 0 Å². The van der Waals surface area contributed by atoms with E-state index in [-0.39, 0.29) is 24.4 Å². The maximum Gasteiger partial charge on any atom is 0.255 e. The molecule has 0 spiro atoms. The van der Waals surface area contributed by atoms with E-state index in [4.69, 9.17) is 4.42 Å². The molecule has 1 aliphatic rings. The van der Waals surface area contributed by atoms with Crippen LogP contribution in [-0.2, 0) is 11.3 Å². The Hall–Kier alpha value is -2.57. The Kier molecular flexibility index (Phi) is 4.45. The van der Waals surface area contributed by atoms with Crippen LogP contribution in [0.25, 0.3) is 0 Å². The van der Waals surface area contributed by atoms with Crippen LogP contribution in [0.4, 0.5) is 0 Å². The van der Waals surface area contributed by atoms with Crippen molar-refractivity contribution in [3.8, 4) is 0 Å². The largest absolute Gasteiger partial charge is 0.469 e. The molecule has 2 amide bonds. The van der Waals surface area contributed by atoms with E-state index in [0.29, 0.717) is 24.4 Å². The summed E-state index contributed by atoms with van der Waals surface area (Å²) in [5.74, 6) is 0.566. The highest BCUT2D eigenvalue weighted by Gasteiger charge is 2.25. The number of rotatable bonds is 4. The van der Waals surface area contributed by atoms with Crippen molar-refractivity contribution in [2.24, 2.45) is 0 Å². The summed E-state index contributed by atoms with van der Waals surface area (Å²) >= 11 is 0. The van der Waals surface area contributed by atoms with Gasteiger partial charge in [-0.1, -0.05) is 0 Å². The zero-order valence-corrected chi connectivity index (χ0v) is 13.1. The van der Waals surface area contributed by atoms with Crippen LogP contribution in [-0.4, -0.2) is 45.6 Å². The lowest BCUT2D eigenvalue weighted by molar-refractivity contribution is -0.133. The molecule has 3 rings (SSSR count). The van der Waals surface area contributed by atoms with Gasteiger partial charge >= 0.3 is 0 Å². The van der Waals surface area contributed by atoms with Crippen molar-refractivity contribution in [3.63, 3.8) is 0 Å². The quantitative estimate of drug-likeness (QED) is 0.919. The normalized spacial score (nSPS) is 15.6. The molecule has 3 heterocycles. The van der Waals surface area contributed by atoms with Gasteiger partial charge in [0.05, 0.1) is 11.8 Å². The van der Waals surface area contributed by atoms with Gasteiger partial charge in [0.1, 0.15) is 12.3 Å². The van der Waals surface area contributed by atoms with Gasteiger partial charge in [-0.15, -0.1) is 0 Å². The summed E-state index contributed by atoms with van der Waals surface area (Å²) in [7, 11) is 0. The third-order valence-electron chi connectivity index (χ3n) is 4.14. The SMILES string of the molecule is Cc1occc1C(=O)NC1CCN(C(=O)Cn2cccn2)CC1. The summed E-state index contributed by atoms with van der Waals surface area (Å²) in [6.45, 7) is 3.33. The van der Waals surface area contributed by atoms with Crippen molar-refractivity contribution in [2.45, 2.75) is 32.4 Å². The number of furan rings is 1. The number of hydrogen-bond donors (Lipinski definition) is 1. The Morgan fingerprint density at radius 2 is 2.17 bits per heavy atom. The van der Waals surface area contributed by atoms with Crippen molar-refractivity contribution >= 4 is 11.8 Å². The minimum Gasteiger partial charge on any atom is -0.469 e. The fourth-order valence-electron chi connectivity index (χ4n) is 2.79. The van der Waals surface area contributed by atoms with Crippen LogP contribution < -0.4 is 5.32 Å². The Bertz CT molecular complexity index is 669. The number of piperidine rings is 1. The monoisotopic (exact) mass is 316 g/mol. The number of likely N-dealkylation sites (tertiary alicyclic amines) is 1. The minimum absolute atomic E-state index is 0.0594. The average molecular weight is 316 g/mol. The second-order valence-electron chi connectivity index (χ2n) is 5.72. The van der Waals surface area contributed by atoms with E-state index < -0.39 is 0 Å². The van der Waals surface area contributed by atoms with Gasteiger partial charge in [-0.3, -0.25) is 14.3 Å². The maximum atomic E-state index is 12.2. The molecule has 1 N–H and O–H groups in total. The Morgan fingerprint density at radius 1 is 1.39 bits per heavy atom. The van der Waals surface area contributed by atoms with E-state index in [1.807, 2.05) is 4.90 Å². The molecule has 0 saturated carbocycles. The van der Waals surface area contributed by atoms with Gasteiger partial charge in [0.15, 0.2) is 0 Å². The summed E-state index contributed by atoms with van der Waals surface area (Å²) in [4.78, 5) is 26.2. The minimum atomic E-state index is -0.113. The van der Waals surface area contributed by atoms with Crippen LogP contribution >= 0.6 is 0 Å². The second-order valence-corrected chi connectivity index (χ2v) is 5.72. The van der Waals surface area contributed by atoms with Gasteiger partial charge in [0.25, 0.3) is 5.91 Å². The molecule has 0 unspecified atom stereocenters. The van der Waals surface area contributed by atoms with E-state index in [1.165, 1.54) is 6.26 Å². The van der Waals surface area contributed by atoms with Crippen LogP contribution in [0.15, 0.2) is 35.2 Å². The number of amides is 2. The first kappa shape index (κ1) is 15.3. The first-order valence-electron chi connectivity index (χ1n) is 7.73. The molecule has 23 heavy (non-hydrogen) atoms. The number of nitrogens with one attached hydrogen (secondary N) is 1. The molecule has 1 saturated heterocycles. The molecule has 7 heteroatoms. The summed E-state index contributed by atoms with van der Waals surface area (Å²) in [6.07, 6.45) is 6.47. The molecular formula is C16H20N4O3. The molecule has 0 aromatic carbocycles. The third kappa shape index (κ3) is 3.61. The lowest BCUT2D eigenvalue weighted by Crippen LogP contribution is -2.47. The molecular weight excluding hydrogens is 296 g/mol. The zero-order valence-electron chi connectivity index (χ0n) is 13.1. The first-order valence-corrected chi connectivity index (χ1v) is 7.73. The van der Waals surface area contributed by atoms with Crippen LogP contribution in [0.1, 0.15) is 29.0 Å². The summed E-state index contributed by atoms with van der Waals surface area (Å²) in [6, 6.07) is 3.56.